The summed E-state index contributed by atoms with van der Waals surface area (Å²) in [5, 5.41) is 0.416. The van der Waals surface area contributed by atoms with Crippen molar-refractivity contribution < 1.29 is 14.3 Å². The number of halogens is 1. The summed E-state index contributed by atoms with van der Waals surface area (Å²) in [6.07, 6.45) is 1.69. The Balaban J connectivity index is 3.04. The number of primary amides is 1. The molecule has 100 valence electrons. The van der Waals surface area contributed by atoms with Crippen molar-refractivity contribution in [3.05, 3.63) is 22.7 Å². The molecule has 18 heavy (non-hydrogen) atoms. The molecule has 1 amide bonds. The van der Waals surface area contributed by atoms with Gasteiger partial charge in [0.1, 0.15) is 11.5 Å². The lowest BCUT2D eigenvalue weighted by Crippen LogP contribution is -2.14. The Morgan fingerprint density at radius 3 is 2.22 bits per heavy atom. The highest BCUT2D eigenvalue weighted by atomic mass is 35.5. The highest BCUT2D eigenvalue weighted by Crippen LogP contribution is 2.32. The van der Waals surface area contributed by atoms with Crippen LogP contribution in [0.1, 0.15) is 37.0 Å². The lowest BCUT2D eigenvalue weighted by Gasteiger charge is -2.13. The zero-order valence-electron chi connectivity index (χ0n) is 10.7. The number of nitrogens with two attached hydrogens (primary N) is 1. The van der Waals surface area contributed by atoms with Crippen molar-refractivity contribution in [3.8, 4) is 11.5 Å². The van der Waals surface area contributed by atoms with Gasteiger partial charge in [-0.1, -0.05) is 25.4 Å². The Labute approximate surface area is 112 Å². The van der Waals surface area contributed by atoms with Gasteiger partial charge in [-0.15, -0.1) is 0 Å². The molecule has 0 radical (unpaired) electrons. The Morgan fingerprint density at radius 2 is 1.72 bits per heavy atom. The third-order valence-corrected chi connectivity index (χ3v) is 2.52. The first-order valence-electron chi connectivity index (χ1n) is 5.99. The number of ether oxygens (including phenoxy) is 2. The minimum absolute atomic E-state index is 0.291. The van der Waals surface area contributed by atoms with Crippen LogP contribution in [0.2, 0.25) is 5.02 Å². The van der Waals surface area contributed by atoms with E-state index >= 15 is 0 Å². The molecule has 2 N–H and O–H groups in total. The van der Waals surface area contributed by atoms with Crippen molar-refractivity contribution in [2.45, 2.75) is 26.7 Å². The maximum Gasteiger partial charge on any atom is 0.252 e. The van der Waals surface area contributed by atoms with Gasteiger partial charge in [-0.2, -0.15) is 0 Å². The smallest absolute Gasteiger partial charge is 0.252 e. The monoisotopic (exact) mass is 271 g/mol. The van der Waals surface area contributed by atoms with Gasteiger partial charge >= 0.3 is 0 Å². The maximum atomic E-state index is 11.4. The molecule has 5 heteroatoms. The maximum absolute atomic E-state index is 11.4. The second-order valence-corrected chi connectivity index (χ2v) is 4.25. The summed E-state index contributed by atoms with van der Waals surface area (Å²) in [6.45, 7) is 5.00. The van der Waals surface area contributed by atoms with Gasteiger partial charge in [0.2, 0.25) is 0 Å². The molecule has 1 aromatic rings. The van der Waals surface area contributed by atoms with Gasteiger partial charge in [0.15, 0.2) is 0 Å². The molecule has 0 saturated heterocycles. The predicted octanol–water partition coefficient (Wildman–Crippen LogP) is 3.02. The van der Waals surface area contributed by atoms with E-state index in [0.717, 1.165) is 12.8 Å². The van der Waals surface area contributed by atoms with Crippen molar-refractivity contribution in [1.82, 2.24) is 0 Å². The summed E-state index contributed by atoms with van der Waals surface area (Å²) in [7, 11) is 0. The van der Waals surface area contributed by atoms with Crippen molar-refractivity contribution in [3.63, 3.8) is 0 Å². The molecular formula is C13H18ClNO3. The largest absolute Gasteiger partial charge is 0.493 e. The van der Waals surface area contributed by atoms with Gasteiger partial charge in [0, 0.05) is 6.07 Å². The normalized spacial score (nSPS) is 10.2. The van der Waals surface area contributed by atoms with E-state index in [1.807, 2.05) is 13.8 Å². The summed E-state index contributed by atoms with van der Waals surface area (Å²) >= 11 is 6.06. The molecule has 0 unspecified atom stereocenters. The number of carbonyl (C=O) groups is 1. The highest BCUT2D eigenvalue weighted by molar-refractivity contribution is 6.32. The number of hydrogen-bond donors (Lipinski definition) is 1. The van der Waals surface area contributed by atoms with E-state index in [1.54, 1.807) is 6.07 Å². The Morgan fingerprint density at radius 1 is 1.17 bits per heavy atom. The summed E-state index contributed by atoms with van der Waals surface area (Å²) in [5.74, 6) is 0.300. The summed E-state index contributed by atoms with van der Waals surface area (Å²) in [4.78, 5) is 11.4. The first-order valence-corrected chi connectivity index (χ1v) is 6.36. The van der Waals surface area contributed by atoms with Crippen LogP contribution < -0.4 is 15.2 Å². The Bertz CT molecular complexity index is 421. The second-order valence-electron chi connectivity index (χ2n) is 3.84. The van der Waals surface area contributed by atoms with Crippen molar-refractivity contribution in [2.24, 2.45) is 5.73 Å². The molecule has 0 saturated carbocycles. The van der Waals surface area contributed by atoms with Crippen molar-refractivity contribution in [2.75, 3.05) is 13.2 Å². The van der Waals surface area contributed by atoms with Crippen molar-refractivity contribution >= 4 is 17.5 Å². The Hall–Kier alpha value is -1.42. The fraction of sp³-hybridized carbons (Fsp3) is 0.462. The van der Waals surface area contributed by atoms with Gasteiger partial charge in [0.25, 0.3) is 5.91 Å². The fourth-order valence-electron chi connectivity index (χ4n) is 1.38. The molecule has 0 aliphatic rings. The van der Waals surface area contributed by atoms with Crippen molar-refractivity contribution in [1.29, 1.82) is 0 Å². The van der Waals surface area contributed by atoms with E-state index in [9.17, 15) is 4.79 Å². The van der Waals surface area contributed by atoms with E-state index in [1.165, 1.54) is 6.07 Å². The summed E-state index contributed by atoms with van der Waals surface area (Å²) in [5.41, 5.74) is 5.61. The SMILES string of the molecule is CCCOc1cc(C(N)=O)c(OCCC)cc1Cl. The minimum atomic E-state index is -0.556. The number of rotatable bonds is 7. The Kier molecular flexibility index (Phi) is 5.78. The average molecular weight is 272 g/mol. The average Bonchev–Trinajstić information content (AvgIpc) is 2.34. The lowest BCUT2D eigenvalue weighted by atomic mass is 10.1. The van der Waals surface area contributed by atoms with E-state index in [0.29, 0.717) is 35.3 Å². The van der Waals surface area contributed by atoms with E-state index in [2.05, 4.69) is 0 Å². The number of hydrogen-bond acceptors (Lipinski definition) is 3. The number of benzene rings is 1. The first kappa shape index (κ1) is 14.6. The van der Waals surface area contributed by atoms with Gasteiger partial charge in [-0.05, 0) is 18.9 Å². The second kappa shape index (κ2) is 7.11. The van der Waals surface area contributed by atoms with Gasteiger partial charge in [-0.25, -0.2) is 0 Å². The van der Waals surface area contributed by atoms with Crippen LogP contribution in [0.5, 0.6) is 11.5 Å². The van der Waals surface area contributed by atoms with Crippen LogP contribution in [0.15, 0.2) is 12.1 Å². The lowest BCUT2D eigenvalue weighted by molar-refractivity contribution is 0.0996. The van der Waals surface area contributed by atoms with Crippen LogP contribution >= 0.6 is 11.6 Å². The minimum Gasteiger partial charge on any atom is -0.493 e. The molecule has 0 fully saturated rings. The van der Waals surface area contributed by atoms with Gasteiger partial charge in [-0.3, -0.25) is 4.79 Å². The zero-order valence-corrected chi connectivity index (χ0v) is 11.4. The number of amides is 1. The topological polar surface area (TPSA) is 61.5 Å². The van der Waals surface area contributed by atoms with E-state index in [4.69, 9.17) is 26.8 Å². The predicted molar refractivity (Wildman–Crippen MR) is 71.5 cm³/mol. The van der Waals surface area contributed by atoms with E-state index < -0.39 is 5.91 Å². The summed E-state index contributed by atoms with van der Waals surface area (Å²) in [6, 6.07) is 3.10. The molecular weight excluding hydrogens is 254 g/mol. The molecule has 0 bridgehead atoms. The molecule has 1 aromatic carbocycles. The van der Waals surface area contributed by atoms with Crippen LogP contribution in [-0.2, 0) is 0 Å². The van der Waals surface area contributed by atoms with Gasteiger partial charge < -0.3 is 15.2 Å². The highest BCUT2D eigenvalue weighted by Gasteiger charge is 2.14. The number of carbonyl (C=O) groups excluding carboxylic acids is 1. The molecule has 0 aliphatic heterocycles. The standard InChI is InChI=1S/C13H18ClNO3/c1-3-5-17-11-8-10(14)12(18-6-4-2)7-9(11)13(15)16/h7-8H,3-6H2,1-2H3,(H2,15,16). The van der Waals surface area contributed by atoms with Crippen LogP contribution in [0.4, 0.5) is 0 Å². The molecule has 0 atom stereocenters. The fourth-order valence-corrected chi connectivity index (χ4v) is 1.59. The molecule has 0 aliphatic carbocycles. The van der Waals surface area contributed by atoms with Crippen LogP contribution in [0, 0.1) is 0 Å². The third-order valence-electron chi connectivity index (χ3n) is 2.22. The molecule has 0 spiro atoms. The van der Waals surface area contributed by atoms with Crippen LogP contribution in [0.25, 0.3) is 0 Å². The van der Waals surface area contributed by atoms with Crippen LogP contribution in [0.3, 0.4) is 0 Å². The molecule has 0 aromatic heterocycles. The molecule has 4 nitrogen and oxygen atoms in total. The molecule has 1 rings (SSSR count). The van der Waals surface area contributed by atoms with Crippen LogP contribution in [-0.4, -0.2) is 19.1 Å². The third kappa shape index (κ3) is 3.81. The van der Waals surface area contributed by atoms with Gasteiger partial charge in [0.05, 0.1) is 23.8 Å². The molecule has 0 heterocycles. The summed E-state index contributed by atoms with van der Waals surface area (Å²) < 4.78 is 10.9. The quantitative estimate of drug-likeness (QED) is 0.829. The zero-order chi connectivity index (χ0) is 13.5. The first-order chi connectivity index (χ1) is 8.60. The van der Waals surface area contributed by atoms with E-state index in [-0.39, 0.29) is 0 Å².